The zero-order valence-electron chi connectivity index (χ0n) is 10.1. The number of carboxylic acids is 1. The van der Waals surface area contributed by atoms with Crippen LogP contribution < -0.4 is 4.72 Å². The molecule has 0 saturated heterocycles. The minimum atomic E-state index is -4.53. The van der Waals surface area contributed by atoms with Gasteiger partial charge in [-0.25, -0.2) is 32.0 Å². The second-order valence-electron chi connectivity index (χ2n) is 3.81. The number of rotatable bonds is 4. The second kappa shape index (κ2) is 5.40. The largest absolute Gasteiger partial charge is 0.478 e. The highest BCUT2D eigenvalue weighted by Crippen LogP contribution is 2.22. The zero-order valence-corrected chi connectivity index (χ0v) is 10.9. The Morgan fingerprint density at radius 1 is 1.19 bits per heavy atom. The van der Waals surface area contributed by atoms with Gasteiger partial charge in [-0.1, -0.05) is 0 Å². The van der Waals surface area contributed by atoms with Gasteiger partial charge >= 0.3 is 5.97 Å². The van der Waals surface area contributed by atoms with Gasteiger partial charge in [-0.3, -0.25) is 4.72 Å². The lowest BCUT2D eigenvalue weighted by Crippen LogP contribution is -2.17. The van der Waals surface area contributed by atoms with Crippen molar-refractivity contribution in [2.75, 3.05) is 4.72 Å². The van der Waals surface area contributed by atoms with Crippen molar-refractivity contribution in [3.8, 4) is 0 Å². The van der Waals surface area contributed by atoms with E-state index in [2.05, 4.69) is 9.97 Å². The van der Waals surface area contributed by atoms with E-state index in [9.17, 15) is 22.0 Å². The number of nitrogens with zero attached hydrogens (tertiary/aromatic N) is 2. The van der Waals surface area contributed by atoms with E-state index >= 15 is 0 Å². The molecule has 0 saturated carbocycles. The van der Waals surface area contributed by atoms with Gasteiger partial charge in [-0.05, 0) is 12.1 Å². The van der Waals surface area contributed by atoms with Crippen molar-refractivity contribution in [1.29, 1.82) is 0 Å². The summed E-state index contributed by atoms with van der Waals surface area (Å²) in [5.41, 5.74) is -0.781. The third-order valence-electron chi connectivity index (χ3n) is 2.34. The van der Waals surface area contributed by atoms with Crippen LogP contribution >= 0.6 is 0 Å². The second-order valence-corrected chi connectivity index (χ2v) is 5.46. The van der Waals surface area contributed by atoms with Gasteiger partial charge in [0.15, 0.2) is 11.6 Å². The number of benzene rings is 1. The maximum atomic E-state index is 13.6. The molecule has 0 bridgehead atoms. The number of sulfonamides is 1. The third kappa shape index (κ3) is 3.11. The Kier molecular flexibility index (Phi) is 3.80. The molecule has 0 atom stereocenters. The van der Waals surface area contributed by atoms with Crippen LogP contribution in [0.2, 0.25) is 0 Å². The lowest BCUT2D eigenvalue weighted by molar-refractivity contribution is 0.0696. The van der Waals surface area contributed by atoms with Crippen molar-refractivity contribution in [3.63, 3.8) is 0 Å². The normalized spacial score (nSPS) is 11.1. The van der Waals surface area contributed by atoms with Gasteiger partial charge in [0.05, 0.1) is 23.6 Å². The average molecular weight is 315 g/mol. The first-order chi connectivity index (χ1) is 9.81. The molecule has 110 valence electrons. The summed E-state index contributed by atoms with van der Waals surface area (Å²) < 4.78 is 52.8. The van der Waals surface area contributed by atoms with Crippen LogP contribution in [0.5, 0.6) is 0 Å². The van der Waals surface area contributed by atoms with E-state index in [-0.39, 0.29) is 5.69 Å². The van der Waals surface area contributed by atoms with E-state index in [1.165, 1.54) is 0 Å². The topological polar surface area (TPSA) is 109 Å². The highest BCUT2D eigenvalue weighted by Gasteiger charge is 2.25. The summed E-state index contributed by atoms with van der Waals surface area (Å²) >= 11 is 0. The van der Waals surface area contributed by atoms with Crippen LogP contribution in [0, 0.1) is 11.6 Å². The fourth-order valence-electron chi connectivity index (χ4n) is 1.44. The summed E-state index contributed by atoms with van der Waals surface area (Å²) in [6, 6.07) is 0.912. The minimum absolute atomic E-state index is 0.0852. The van der Waals surface area contributed by atoms with Gasteiger partial charge in [-0.15, -0.1) is 0 Å². The lowest BCUT2D eigenvalue weighted by Gasteiger charge is -2.09. The van der Waals surface area contributed by atoms with E-state index < -0.39 is 38.1 Å². The van der Waals surface area contributed by atoms with Crippen molar-refractivity contribution >= 4 is 21.7 Å². The SMILES string of the molecule is O=C(O)c1cc(F)c(F)c(S(=O)(=O)Nc2cncnc2)c1. The number of hydrogen-bond acceptors (Lipinski definition) is 5. The summed E-state index contributed by atoms with van der Waals surface area (Å²) in [5.74, 6) is -4.85. The lowest BCUT2D eigenvalue weighted by atomic mass is 10.2. The van der Waals surface area contributed by atoms with Gasteiger partial charge in [0, 0.05) is 0 Å². The summed E-state index contributed by atoms with van der Waals surface area (Å²) in [6.07, 6.45) is 3.34. The molecule has 0 aliphatic carbocycles. The number of carbonyl (C=O) groups is 1. The Morgan fingerprint density at radius 3 is 2.38 bits per heavy atom. The molecule has 0 aliphatic rings. The first kappa shape index (κ1) is 14.8. The van der Waals surface area contributed by atoms with E-state index in [4.69, 9.17) is 5.11 Å². The molecule has 0 aliphatic heterocycles. The van der Waals surface area contributed by atoms with E-state index in [0.29, 0.717) is 12.1 Å². The van der Waals surface area contributed by atoms with Crippen LogP contribution in [-0.4, -0.2) is 29.5 Å². The van der Waals surface area contributed by atoms with Crippen LogP contribution in [0.1, 0.15) is 10.4 Å². The molecule has 1 heterocycles. The summed E-state index contributed by atoms with van der Waals surface area (Å²) in [4.78, 5) is 16.8. The Morgan fingerprint density at radius 2 is 1.81 bits per heavy atom. The number of hydrogen-bond donors (Lipinski definition) is 2. The molecule has 0 unspecified atom stereocenters. The van der Waals surface area contributed by atoms with Crippen molar-refractivity contribution in [2.24, 2.45) is 0 Å². The molecule has 0 fully saturated rings. The van der Waals surface area contributed by atoms with Crippen LogP contribution in [0.15, 0.2) is 35.7 Å². The standard InChI is InChI=1S/C11H7F2N3O4S/c12-8-1-6(11(17)18)2-9(10(8)13)21(19,20)16-7-3-14-5-15-4-7/h1-5,16H,(H,17,18). The van der Waals surface area contributed by atoms with E-state index in [1.807, 2.05) is 4.72 Å². The molecule has 0 amide bonds. The fraction of sp³-hybridized carbons (Fsp3) is 0. The number of carboxylic acid groups (broad SMARTS) is 1. The number of nitrogens with one attached hydrogen (secondary N) is 1. The molecule has 7 nitrogen and oxygen atoms in total. The predicted molar refractivity (Wildman–Crippen MR) is 66.2 cm³/mol. The molecule has 1 aromatic carbocycles. The highest BCUT2D eigenvalue weighted by molar-refractivity contribution is 7.92. The number of aromatic nitrogens is 2. The maximum Gasteiger partial charge on any atom is 0.335 e. The molecule has 2 N–H and O–H groups in total. The summed E-state index contributed by atoms with van der Waals surface area (Å²) in [7, 11) is -4.53. The van der Waals surface area contributed by atoms with Gasteiger partial charge in [0.25, 0.3) is 10.0 Å². The number of halogens is 2. The molecule has 2 aromatic rings. The van der Waals surface area contributed by atoms with Crippen molar-refractivity contribution in [1.82, 2.24) is 9.97 Å². The van der Waals surface area contributed by atoms with Crippen molar-refractivity contribution in [2.45, 2.75) is 4.90 Å². The molecular weight excluding hydrogens is 308 g/mol. The van der Waals surface area contributed by atoms with Gasteiger partial charge in [0.1, 0.15) is 11.2 Å². The Hall–Kier alpha value is -2.62. The van der Waals surface area contributed by atoms with Crippen LogP contribution in [0.25, 0.3) is 0 Å². The van der Waals surface area contributed by atoms with Crippen molar-refractivity contribution < 1.29 is 27.1 Å². The molecule has 0 spiro atoms. The maximum absolute atomic E-state index is 13.6. The summed E-state index contributed by atoms with van der Waals surface area (Å²) in [5, 5.41) is 8.76. The first-order valence-electron chi connectivity index (χ1n) is 5.31. The molecule has 1 aromatic heterocycles. The van der Waals surface area contributed by atoms with E-state index in [0.717, 1.165) is 18.7 Å². The Labute approximate surface area is 117 Å². The van der Waals surface area contributed by atoms with Gasteiger partial charge < -0.3 is 5.11 Å². The number of anilines is 1. The molecule has 21 heavy (non-hydrogen) atoms. The van der Waals surface area contributed by atoms with Crippen LogP contribution in [-0.2, 0) is 10.0 Å². The summed E-state index contributed by atoms with van der Waals surface area (Å²) in [6.45, 7) is 0. The van der Waals surface area contributed by atoms with Gasteiger partial charge in [0.2, 0.25) is 0 Å². The first-order valence-corrected chi connectivity index (χ1v) is 6.80. The van der Waals surface area contributed by atoms with Crippen LogP contribution in [0.3, 0.4) is 0 Å². The quantitative estimate of drug-likeness (QED) is 0.879. The minimum Gasteiger partial charge on any atom is -0.478 e. The molecular formula is C11H7F2N3O4S. The molecule has 2 rings (SSSR count). The third-order valence-corrected chi connectivity index (χ3v) is 3.72. The Balaban J connectivity index is 2.52. The van der Waals surface area contributed by atoms with E-state index in [1.54, 1.807) is 0 Å². The van der Waals surface area contributed by atoms with Gasteiger partial charge in [-0.2, -0.15) is 0 Å². The van der Waals surface area contributed by atoms with Crippen molar-refractivity contribution in [3.05, 3.63) is 48.1 Å². The predicted octanol–water partition coefficient (Wildman–Crippen LogP) is 1.25. The Bertz CT molecular complexity index is 797. The zero-order chi connectivity index (χ0) is 15.6. The monoisotopic (exact) mass is 315 g/mol. The highest BCUT2D eigenvalue weighted by atomic mass is 32.2. The molecule has 10 heteroatoms. The smallest absolute Gasteiger partial charge is 0.335 e. The van der Waals surface area contributed by atoms with Crippen LogP contribution in [0.4, 0.5) is 14.5 Å². The molecule has 0 radical (unpaired) electrons. The fourth-order valence-corrected chi connectivity index (χ4v) is 2.59. The number of aromatic carboxylic acids is 1. The average Bonchev–Trinajstić information content (AvgIpc) is 2.41.